The smallest absolute Gasteiger partial charge is 0.242 e. The fourth-order valence-corrected chi connectivity index (χ4v) is 4.92. The molecule has 2 heterocycles. The molecule has 1 aromatic heterocycles. The Bertz CT molecular complexity index is 1290. The molecular weight excluding hydrogens is 476 g/mol. The van der Waals surface area contributed by atoms with E-state index in [2.05, 4.69) is 4.98 Å². The highest BCUT2D eigenvalue weighted by atomic mass is 16.2. The summed E-state index contributed by atoms with van der Waals surface area (Å²) in [6.07, 6.45) is 5.35. The molecule has 4 rings (SSSR count). The van der Waals surface area contributed by atoms with Gasteiger partial charge in [-0.25, -0.2) is 0 Å². The van der Waals surface area contributed by atoms with Gasteiger partial charge in [-0.2, -0.15) is 0 Å². The summed E-state index contributed by atoms with van der Waals surface area (Å²) < 4.78 is 0. The van der Waals surface area contributed by atoms with E-state index in [1.807, 2.05) is 78.7 Å². The van der Waals surface area contributed by atoms with Crippen molar-refractivity contribution < 1.29 is 14.4 Å². The number of rotatable bonds is 9. The number of nitrogens with zero attached hydrogens (tertiary/aromatic N) is 4. The molecule has 1 aliphatic rings. The van der Waals surface area contributed by atoms with Gasteiger partial charge in [-0.15, -0.1) is 0 Å². The Morgan fingerprint density at radius 1 is 0.895 bits per heavy atom. The first-order chi connectivity index (χ1) is 18.2. The summed E-state index contributed by atoms with van der Waals surface area (Å²) in [5, 5.41) is 0. The summed E-state index contributed by atoms with van der Waals surface area (Å²) in [4.78, 5) is 49.2. The molecular formula is C31H36N4O3. The highest BCUT2D eigenvalue weighted by Crippen LogP contribution is 2.39. The SMILES string of the molecule is CCN1C(=O)C(C)(C)C(=O)N(C)c2cc(CN(CCc3cccnc3)C(=O)CCc3ccccc3)ccc21. The maximum atomic E-state index is 13.4. The van der Waals surface area contributed by atoms with E-state index >= 15 is 0 Å². The Morgan fingerprint density at radius 3 is 2.32 bits per heavy atom. The van der Waals surface area contributed by atoms with Crippen LogP contribution in [0.2, 0.25) is 0 Å². The molecule has 0 atom stereocenters. The van der Waals surface area contributed by atoms with Crippen molar-refractivity contribution in [3.8, 4) is 0 Å². The van der Waals surface area contributed by atoms with E-state index in [-0.39, 0.29) is 17.7 Å². The molecule has 0 radical (unpaired) electrons. The third-order valence-corrected chi connectivity index (χ3v) is 7.22. The van der Waals surface area contributed by atoms with E-state index in [9.17, 15) is 14.4 Å². The van der Waals surface area contributed by atoms with Crippen LogP contribution in [0.3, 0.4) is 0 Å². The normalized spacial score (nSPS) is 14.7. The number of aryl methyl sites for hydroxylation is 1. The lowest BCUT2D eigenvalue weighted by Crippen LogP contribution is -2.47. The fraction of sp³-hybridized carbons (Fsp3) is 0.355. The third-order valence-electron chi connectivity index (χ3n) is 7.22. The number of carbonyl (C=O) groups excluding carboxylic acids is 3. The molecule has 38 heavy (non-hydrogen) atoms. The zero-order valence-corrected chi connectivity index (χ0v) is 22.7. The second-order valence-electron chi connectivity index (χ2n) is 10.3. The largest absolute Gasteiger partial charge is 0.338 e. The van der Waals surface area contributed by atoms with Gasteiger partial charge in [-0.3, -0.25) is 19.4 Å². The summed E-state index contributed by atoms with van der Waals surface area (Å²) in [5.74, 6) is -0.384. The topological polar surface area (TPSA) is 73.8 Å². The molecule has 0 aliphatic carbocycles. The lowest BCUT2D eigenvalue weighted by atomic mass is 9.90. The Hall–Kier alpha value is -4.00. The Kier molecular flexibility index (Phi) is 8.25. The van der Waals surface area contributed by atoms with Gasteiger partial charge in [0, 0.05) is 45.5 Å². The minimum Gasteiger partial charge on any atom is -0.338 e. The molecule has 1 aliphatic heterocycles. The van der Waals surface area contributed by atoms with Crippen molar-refractivity contribution in [1.29, 1.82) is 0 Å². The van der Waals surface area contributed by atoms with Crippen molar-refractivity contribution in [2.45, 2.75) is 46.6 Å². The number of pyridine rings is 1. The van der Waals surface area contributed by atoms with Crippen LogP contribution in [0.1, 0.15) is 43.9 Å². The van der Waals surface area contributed by atoms with Gasteiger partial charge in [-0.1, -0.05) is 42.5 Å². The van der Waals surface area contributed by atoms with Crippen molar-refractivity contribution in [1.82, 2.24) is 9.88 Å². The minimum absolute atomic E-state index is 0.0728. The van der Waals surface area contributed by atoms with Crippen molar-refractivity contribution in [2.75, 3.05) is 29.9 Å². The number of fused-ring (bicyclic) bond motifs is 1. The first-order valence-corrected chi connectivity index (χ1v) is 13.2. The van der Waals surface area contributed by atoms with Crippen molar-refractivity contribution in [3.05, 3.63) is 89.7 Å². The Morgan fingerprint density at radius 2 is 1.63 bits per heavy atom. The molecule has 0 N–H and O–H groups in total. The number of hydrogen-bond donors (Lipinski definition) is 0. The van der Waals surface area contributed by atoms with Crippen LogP contribution in [0.15, 0.2) is 73.1 Å². The van der Waals surface area contributed by atoms with E-state index in [1.54, 1.807) is 36.9 Å². The van der Waals surface area contributed by atoms with Gasteiger partial charge < -0.3 is 14.7 Å². The van der Waals surface area contributed by atoms with E-state index in [0.717, 1.165) is 16.7 Å². The molecule has 0 fully saturated rings. The van der Waals surface area contributed by atoms with E-state index in [4.69, 9.17) is 0 Å². The molecule has 198 valence electrons. The van der Waals surface area contributed by atoms with Gasteiger partial charge in [0.15, 0.2) is 0 Å². The van der Waals surface area contributed by atoms with Crippen LogP contribution in [-0.4, -0.2) is 47.7 Å². The zero-order chi connectivity index (χ0) is 27.3. The van der Waals surface area contributed by atoms with Crippen LogP contribution < -0.4 is 9.80 Å². The van der Waals surface area contributed by atoms with Crippen LogP contribution in [0.4, 0.5) is 11.4 Å². The molecule has 3 aromatic rings. The molecule has 0 spiro atoms. The fourth-order valence-electron chi connectivity index (χ4n) is 4.92. The number of aromatic nitrogens is 1. The second-order valence-corrected chi connectivity index (χ2v) is 10.3. The summed E-state index contributed by atoms with van der Waals surface area (Å²) in [6, 6.07) is 19.7. The van der Waals surface area contributed by atoms with Crippen LogP contribution in [-0.2, 0) is 33.8 Å². The summed E-state index contributed by atoms with van der Waals surface area (Å²) >= 11 is 0. The zero-order valence-electron chi connectivity index (χ0n) is 22.7. The van der Waals surface area contributed by atoms with Crippen molar-refractivity contribution >= 4 is 29.1 Å². The average Bonchev–Trinajstić information content (AvgIpc) is 2.99. The molecule has 0 bridgehead atoms. The third kappa shape index (κ3) is 5.77. The molecule has 0 unspecified atom stereocenters. The van der Waals surface area contributed by atoms with Gasteiger partial charge >= 0.3 is 0 Å². The minimum atomic E-state index is -1.16. The monoisotopic (exact) mass is 512 g/mol. The van der Waals surface area contributed by atoms with E-state index in [0.29, 0.717) is 50.3 Å². The maximum Gasteiger partial charge on any atom is 0.242 e. The van der Waals surface area contributed by atoms with Gasteiger partial charge in [0.1, 0.15) is 5.41 Å². The highest BCUT2D eigenvalue weighted by Gasteiger charge is 2.45. The van der Waals surface area contributed by atoms with Crippen molar-refractivity contribution in [2.24, 2.45) is 5.41 Å². The first kappa shape index (κ1) is 27.0. The van der Waals surface area contributed by atoms with Gasteiger partial charge in [0.05, 0.1) is 11.4 Å². The molecule has 0 saturated heterocycles. The van der Waals surface area contributed by atoms with Crippen LogP contribution >= 0.6 is 0 Å². The summed E-state index contributed by atoms with van der Waals surface area (Å²) in [6.45, 7) is 6.69. The van der Waals surface area contributed by atoms with E-state index < -0.39 is 5.41 Å². The van der Waals surface area contributed by atoms with Crippen LogP contribution in [0.25, 0.3) is 0 Å². The van der Waals surface area contributed by atoms with Gasteiger partial charge in [-0.05, 0) is 68.5 Å². The standard InChI is InChI=1S/C31H36N4O3/c1-5-35-26-15-13-25(20-27(26)33(4)29(37)31(2,3)30(35)38)22-34(19-17-24-12-9-18-32-21-24)28(36)16-14-23-10-7-6-8-11-23/h6-13,15,18,20-21H,5,14,16-17,19,22H2,1-4H3. The highest BCUT2D eigenvalue weighted by molar-refractivity contribution is 6.19. The molecule has 3 amide bonds. The number of benzene rings is 2. The Balaban J connectivity index is 1.60. The maximum absolute atomic E-state index is 13.4. The number of hydrogen-bond acceptors (Lipinski definition) is 4. The summed E-state index contributed by atoms with van der Waals surface area (Å²) in [7, 11) is 1.71. The average molecular weight is 513 g/mol. The lowest BCUT2D eigenvalue weighted by Gasteiger charge is -2.27. The lowest BCUT2D eigenvalue weighted by molar-refractivity contribution is -0.137. The Labute approximate surface area is 225 Å². The quantitative estimate of drug-likeness (QED) is 0.392. The second kappa shape index (κ2) is 11.6. The van der Waals surface area contributed by atoms with Crippen LogP contribution in [0.5, 0.6) is 0 Å². The molecule has 2 aromatic carbocycles. The predicted octanol–water partition coefficient (Wildman–Crippen LogP) is 4.64. The summed E-state index contributed by atoms with van der Waals surface area (Å²) in [5.41, 5.74) is 3.33. The van der Waals surface area contributed by atoms with Gasteiger partial charge in [0.2, 0.25) is 17.7 Å². The molecule has 7 heteroatoms. The number of carbonyl (C=O) groups is 3. The number of anilines is 2. The first-order valence-electron chi connectivity index (χ1n) is 13.2. The van der Waals surface area contributed by atoms with E-state index in [1.165, 1.54) is 0 Å². The molecule has 0 saturated carbocycles. The van der Waals surface area contributed by atoms with Crippen molar-refractivity contribution in [3.63, 3.8) is 0 Å². The van der Waals surface area contributed by atoms with Crippen LogP contribution in [0, 0.1) is 5.41 Å². The number of amides is 3. The predicted molar refractivity (Wildman–Crippen MR) is 150 cm³/mol. The molecule has 7 nitrogen and oxygen atoms in total. The van der Waals surface area contributed by atoms with Gasteiger partial charge in [0.25, 0.3) is 0 Å².